The Balaban J connectivity index is 1.31. The molecule has 2 heterocycles. The van der Waals surface area contributed by atoms with Gasteiger partial charge in [0.15, 0.2) is 5.78 Å². The number of carbonyl (C=O) groups is 1. The van der Waals surface area contributed by atoms with Crippen molar-refractivity contribution in [3.8, 4) is 5.75 Å². The summed E-state index contributed by atoms with van der Waals surface area (Å²) in [5, 5.41) is 11.1. The van der Waals surface area contributed by atoms with Crippen LogP contribution in [0.1, 0.15) is 16.1 Å². The minimum atomic E-state index is 0.231. The average molecular weight is 366 g/mol. The first-order valence-electron chi connectivity index (χ1n) is 8.98. The summed E-state index contributed by atoms with van der Waals surface area (Å²) in [4.78, 5) is 17.9. The summed E-state index contributed by atoms with van der Waals surface area (Å²) in [5.41, 5.74) is 0.897. The second kappa shape index (κ2) is 7.48. The number of hydrogen-bond acceptors (Lipinski definition) is 5. The second-order valence-corrected chi connectivity index (χ2v) is 7.72. The van der Waals surface area contributed by atoms with Crippen molar-refractivity contribution in [2.24, 2.45) is 0 Å². The van der Waals surface area contributed by atoms with Crippen LogP contribution in [-0.4, -0.2) is 48.5 Å². The first-order chi connectivity index (χ1) is 12.7. The number of fused-ring (bicyclic) bond motifs is 1. The molecule has 0 radical (unpaired) electrons. The van der Waals surface area contributed by atoms with E-state index in [9.17, 15) is 9.90 Å². The highest BCUT2D eigenvalue weighted by Gasteiger charge is 2.20. The quantitative estimate of drug-likeness (QED) is 0.693. The van der Waals surface area contributed by atoms with Crippen LogP contribution < -0.4 is 4.90 Å². The van der Waals surface area contributed by atoms with Gasteiger partial charge in [-0.1, -0.05) is 30.3 Å². The Bertz CT molecular complexity index is 880. The van der Waals surface area contributed by atoms with Gasteiger partial charge in [0.25, 0.3) is 0 Å². The highest BCUT2D eigenvalue weighted by molar-refractivity contribution is 7.20. The van der Waals surface area contributed by atoms with Crippen LogP contribution in [0.2, 0.25) is 0 Å². The Morgan fingerprint density at radius 1 is 1.00 bits per heavy atom. The van der Waals surface area contributed by atoms with Crippen molar-refractivity contribution < 1.29 is 9.90 Å². The van der Waals surface area contributed by atoms with Crippen LogP contribution in [-0.2, 0) is 0 Å². The highest BCUT2D eigenvalue weighted by Crippen LogP contribution is 2.28. The van der Waals surface area contributed by atoms with E-state index < -0.39 is 0 Å². The van der Waals surface area contributed by atoms with Crippen LogP contribution in [0.3, 0.4) is 0 Å². The number of anilines is 1. The van der Waals surface area contributed by atoms with E-state index in [-0.39, 0.29) is 5.78 Å². The molecule has 0 aliphatic carbocycles. The van der Waals surface area contributed by atoms with Gasteiger partial charge in [-0.3, -0.25) is 9.69 Å². The lowest BCUT2D eigenvalue weighted by Gasteiger charge is -2.36. The van der Waals surface area contributed by atoms with E-state index in [2.05, 4.69) is 21.9 Å². The smallest absolute Gasteiger partial charge is 0.174 e. The molecule has 0 saturated carbocycles. The number of aromatic hydroxyl groups is 1. The van der Waals surface area contributed by atoms with Gasteiger partial charge in [-0.25, -0.2) is 0 Å². The van der Waals surface area contributed by atoms with Crippen LogP contribution in [0.15, 0.2) is 54.6 Å². The number of thiophene rings is 1. The monoisotopic (exact) mass is 366 g/mol. The first-order valence-corrected chi connectivity index (χ1v) is 9.79. The zero-order valence-electron chi connectivity index (χ0n) is 14.6. The minimum absolute atomic E-state index is 0.231. The standard InChI is InChI=1S/C21H22N2O2S/c24-18-7-3-2-6-17(18)23-13-11-22(12-14-23)10-9-19(25)21-15-16-5-1-4-8-20(16)26-21/h1-8,15,24H,9-14H2. The maximum absolute atomic E-state index is 12.5. The summed E-state index contributed by atoms with van der Waals surface area (Å²) >= 11 is 1.59. The third-order valence-electron chi connectivity index (χ3n) is 4.95. The molecular formula is C21H22N2O2S. The number of hydrogen-bond donors (Lipinski definition) is 1. The minimum Gasteiger partial charge on any atom is -0.506 e. The van der Waals surface area contributed by atoms with Crippen LogP contribution in [0, 0.1) is 0 Å². The fraction of sp³-hybridized carbons (Fsp3) is 0.286. The number of piperazine rings is 1. The van der Waals surface area contributed by atoms with Crippen molar-refractivity contribution in [2.45, 2.75) is 6.42 Å². The van der Waals surface area contributed by atoms with Gasteiger partial charge in [0.1, 0.15) is 5.75 Å². The second-order valence-electron chi connectivity index (χ2n) is 6.64. The zero-order chi connectivity index (χ0) is 17.9. The molecule has 5 heteroatoms. The molecule has 134 valence electrons. The molecule has 4 rings (SSSR count). The largest absolute Gasteiger partial charge is 0.506 e. The van der Waals surface area contributed by atoms with Crippen molar-refractivity contribution in [2.75, 3.05) is 37.6 Å². The van der Waals surface area contributed by atoms with Crippen LogP contribution in [0.4, 0.5) is 5.69 Å². The molecular weight excluding hydrogens is 344 g/mol. The molecule has 0 bridgehead atoms. The average Bonchev–Trinajstić information content (AvgIpc) is 3.11. The van der Waals surface area contributed by atoms with Crippen molar-refractivity contribution in [1.82, 2.24) is 4.90 Å². The number of ketones is 1. The van der Waals surface area contributed by atoms with Crippen LogP contribution in [0.5, 0.6) is 5.75 Å². The molecule has 2 aromatic carbocycles. The number of Topliss-reactive ketones (excluding diaryl/α,β-unsaturated/α-hetero) is 1. The Kier molecular flexibility index (Phi) is 4.91. The summed E-state index contributed by atoms with van der Waals surface area (Å²) in [6.45, 7) is 4.35. The number of phenols is 1. The molecule has 1 fully saturated rings. The summed E-state index contributed by atoms with van der Waals surface area (Å²) in [6.07, 6.45) is 0.559. The molecule has 1 saturated heterocycles. The highest BCUT2D eigenvalue weighted by atomic mass is 32.1. The van der Waals surface area contributed by atoms with E-state index >= 15 is 0 Å². The third-order valence-corrected chi connectivity index (χ3v) is 6.11. The van der Waals surface area contributed by atoms with Gasteiger partial charge in [-0.05, 0) is 29.7 Å². The Morgan fingerprint density at radius 2 is 1.73 bits per heavy atom. The Morgan fingerprint density at radius 3 is 2.50 bits per heavy atom. The number of rotatable bonds is 5. The summed E-state index contributed by atoms with van der Waals surface area (Å²) < 4.78 is 1.17. The van der Waals surface area contributed by atoms with Gasteiger partial charge in [-0.2, -0.15) is 0 Å². The van der Waals surface area contributed by atoms with E-state index in [1.54, 1.807) is 17.4 Å². The van der Waals surface area contributed by atoms with Crippen molar-refractivity contribution in [1.29, 1.82) is 0 Å². The molecule has 26 heavy (non-hydrogen) atoms. The predicted molar refractivity (Wildman–Crippen MR) is 108 cm³/mol. The van der Waals surface area contributed by atoms with Crippen LogP contribution >= 0.6 is 11.3 Å². The Hall–Kier alpha value is -2.37. The summed E-state index contributed by atoms with van der Waals surface area (Å²) in [6, 6.07) is 17.6. The number of benzene rings is 2. The number of phenolic OH excluding ortho intramolecular Hbond substituents is 1. The van der Waals surface area contributed by atoms with E-state index in [0.29, 0.717) is 12.2 Å². The zero-order valence-corrected chi connectivity index (χ0v) is 15.4. The number of nitrogens with zero attached hydrogens (tertiary/aromatic N) is 2. The summed E-state index contributed by atoms with van der Waals surface area (Å²) in [7, 11) is 0. The van der Waals surface area contributed by atoms with Gasteiger partial charge in [-0.15, -0.1) is 11.3 Å². The fourth-order valence-electron chi connectivity index (χ4n) is 3.45. The van der Waals surface area contributed by atoms with Crippen molar-refractivity contribution >= 4 is 32.9 Å². The molecule has 4 nitrogen and oxygen atoms in total. The topological polar surface area (TPSA) is 43.8 Å². The van der Waals surface area contributed by atoms with E-state index in [1.807, 2.05) is 36.4 Å². The molecule has 0 spiro atoms. The van der Waals surface area contributed by atoms with Gasteiger partial charge < -0.3 is 10.0 Å². The first kappa shape index (κ1) is 17.1. The van der Waals surface area contributed by atoms with Crippen molar-refractivity contribution in [3.05, 3.63) is 59.5 Å². The van der Waals surface area contributed by atoms with Gasteiger partial charge in [0, 0.05) is 43.8 Å². The van der Waals surface area contributed by atoms with Gasteiger partial charge in [0.05, 0.1) is 10.6 Å². The van der Waals surface area contributed by atoms with Crippen LogP contribution in [0.25, 0.3) is 10.1 Å². The molecule has 0 amide bonds. The lowest BCUT2D eigenvalue weighted by Crippen LogP contribution is -2.46. The lowest BCUT2D eigenvalue weighted by molar-refractivity contribution is 0.0966. The lowest BCUT2D eigenvalue weighted by atomic mass is 10.2. The molecule has 1 aliphatic rings. The normalized spacial score (nSPS) is 15.5. The molecule has 0 atom stereocenters. The predicted octanol–water partition coefficient (Wildman–Crippen LogP) is 4.00. The Labute approximate surface area is 157 Å². The van der Waals surface area contributed by atoms with E-state index in [1.165, 1.54) is 4.70 Å². The molecule has 1 aromatic heterocycles. The van der Waals surface area contributed by atoms with E-state index in [0.717, 1.165) is 48.7 Å². The SMILES string of the molecule is O=C(CCN1CCN(c2ccccc2O)CC1)c1cc2ccccc2s1. The number of para-hydroxylation sites is 2. The molecule has 3 aromatic rings. The molecule has 1 N–H and O–H groups in total. The maximum Gasteiger partial charge on any atom is 0.174 e. The number of carbonyl (C=O) groups excluding carboxylic acids is 1. The summed E-state index contributed by atoms with van der Waals surface area (Å²) in [5.74, 6) is 0.565. The molecule has 1 aliphatic heterocycles. The van der Waals surface area contributed by atoms with Gasteiger partial charge in [0.2, 0.25) is 0 Å². The maximum atomic E-state index is 12.5. The molecule has 0 unspecified atom stereocenters. The third kappa shape index (κ3) is 3.59. The van der Waals surface area contributed by atoms with E-state index in [4.69, 9.17) is 0 Å². The van der Waals surface area contributed by atoms with Gasteiger partial charge >= 0.3 is 0 Å². The van der Waals surface area contributed by atoms with Crippen molar-refractivity contribution in [3.63, 3.8) is 0 Å². The fourth-order valence-corrected chi connectivity index (χ4v) is 4.48.